The van der Waals surface area contributed by atoms with Crippen molar-refractivity contribution in [2.24, 2.45) is 5.10 Å². The highest BCUT2D eigenvalue weighted by Gasteiger charge is 2.01. The third-order valence-electron chi connectivity index (χ3n) is 2.02. The highest BCUT2D eigenvalue weighted by atomic mass is 79.9. The predicted molar refractivity (Wildman–Crippen MR) is 82.3 cm³/mol. The van der Waals surface area contributed by atoms with Crippen LogP contribution in [0.15, 0.2) is 27.8 Å². The van der Waals surface area contributed by atoms with Crippen molar-refractivity contribution in [3.8, 4) is 5.75 Å². The van der Waals surface area contributed by atoms with Gasteiger partial charge in [-0.3, -0.25) is 5.43 Å². The molecule has 0 heterocycles. The third kappa shape index (κ3) is 5.01. The summed E-state index contributed by atoms with van der Waals surface area (Å²) >= 11 is 8.37. The van der Waals surface area contributed by atoms with Crippen molar-refractivity contribution in [2.75, 3.05) is 13.7 Å². The van der Waals surface area contributed by atoms with E-state index in [1.54, 1.807) is 13.3 Å². The van der Waals surface area contributed by atoms with Crippen LogP contribution in [0.3, 0.4) is 0 Å². The summed E-state index contributed by atoms with van der Waals surface area (Å²) in [6, 6.07) is 5.79. The van der Waals surface area contributed by atoms with E-state index in [9.17, 15) is 0 Å². The Hall–Kier alpha value is -1.14. The van der Waals surface area contributed by atoms with Crippen LogP contribution >= 0.6 is 28.1 Å². The summed E-state index contributed by atoms with van der Waals surface area (Å²) in [6.45, 7) is 2.79. The summed E-state index contributed by atoms with van der Waals surface area (Å²) in [5.41, 5.74) is 3.65. The lowest BCUT2D eigenvalue weighted by Crippen LogP contribution is -2.28. The third-order valence-corrected chi connectivity index (χ3v) is 2.94. The van der Waals surface area contributed by atoms with Crippen LogP contribution in [0.1, 0.15) is 18.9 Å². The van der Waals surface area contributed by atoms with Gasteiger partial charge in [-0.2, -0.15) is 5.10 Å². The van der Waals surface area contributed by atoms with Crippen LogP contribution in [0.4, 0.5) is 0 Å². The molecule has 1 rings (SSSR count). The van der Waals surface area contributed by atoms with E-state index < -0.39 is 0 Å². The molecule has 0 amide bonds. The van der Waals surface area contributed by atoms with E-state index in [4.69, 9.17) is 17.0 Å². The number of rotatable bonds is 5. The first kappa shape index (κ1) is 14.9. The van der Waals surface area contributed by atoms with E-state index in [0.717, 1.165) is 22.2 Å². The molecule has 0 aliphatic rings. The Morgan fingerprint density at radius 3 is 2.94 bits per heavy atom. The molecule has 1 aromatic rings. The molecule has 4 nitrogen and oxygen atoms in total. The fourth-order valence-electron chi connectivity index (χ4n) is 1.15. The van der Waals surface area contributed by atoms with Crippen molar-refractivity contribution in [1.29, 1.82) is 0 Å². The summed E-state index contributed by atoms with van der Waals surface area (Å²) < 4.78 is 6.48. The molecule has 98 valence electrons. The molecule has 0 aliphatic carbocycles. The van der Waals surface area contributed by atoms with Crippen molar-refractivity contribution in [1.82, 2.24) is 10.7 Å². The van der Waals surface area contributed by atoms with E-state index in [-0.39, 0.29) is 0 Å². The maximum Gasteiger partial charge on any atom is 0.186 e. The van der Waals surface area contributed by atoms with Gasteiger partial charge in [-0.15, -0.1) is 0 Å². The molecule has 1 aromatic carbocycles. The average Bonchev–Trinajstić information content (AvgIpc) is 2.37. The number of hydrazone groups is 1. The first-order chi connectivity index (χ1) is 8.67. The summed E-state index contributed by atoms with van der Waals surface area (Å²) in [7, 11) is 1.74. The molecule has 6 heteroatoms. The molecule has 0 aromatic heterocycles. The molecule has 0 fully saturated rings. The zero-order valence-corrected chi connectivity index (χ0v) is 12.8. The van der Waals surface area contributed by atoms with Crippen molar-refractivity contribution >= 4 is 39.5 Å². The highest BCUT2D eigenvalue weighted by molar-refractivity contribution is 9.10. The van der Waals surface area contributed by atoms with Crippen molar-refractivity contribution in [3.63, 3.8) is 0 Å². The Morgan fingerprint density at radius 1 is 1.56 bits per heavy atom. The molecule has 0 bridgehead atoms. The van der Waals surface area contributed by atoms with Crippen molar-refractivity contribution in [3.05, 3.63) is 28.2 Å². The molecule has 18 heavy (non-hydrogen) atoms. The molecule has 0 radical (unpaired) electrons. The van der Waals surface area contributed by atoms with Gasteiger partial charge in [0.15, 0.2) is 5.11 Å². The van der Waals surface area contributed by atoms with Crippen molar-refractivity contribution in [2.45, 2.75) is 13.3 Å². The monoisotopic (exact) mass is 329 g/mol. The smallest absolute Gasteiger partial charge is 0.186 e. The van der Waals surface area contributed by atoms with E-state index in [2.05, 4.69) is 38.7 Å². The minimum atomic E-state index is 0.480. The molecule has 0 unspecified atom stereocenters. The minimum Gasteiger partial charge on any atom is -0.492 e. The number of hydrogen-bond donors (Lipinski definition) is 2. The number of nitrogens with one attached hydrogen (secondary N) is 2. The zero-order chi connectivity index (χ0) is 13.4. The minimum absolute atomic E-state index is 0.480. The van der Waals surface area contributed by atoms with Crippen molar-refractivity contribution < 1.29 is 4.74 Å². The Morgan fingerprint density at radius 2 is 2.33 bits per heavy atom. The number of benzene rings is 1. The maximum absolute atomic E-state index is 5.56. The van der Waals surface area contributed by atoms with Crippen LogP contribution < -0.4 is 15.5 Å². The second-order valence-electron chi connectivity index (χ2n) is 3.49. The van der Waals surface area contributed by atoms with Crippen LogP contribution in [0, 0.1) is 0 Å². The fraction of sp³-hybridized carbons (Fsp3) is 0.333. The predicted octanol–water partition coefficient (Wildman–Crippen LogP) is 2.67. The van der Waals surface area contributed by atoms with E-state index in [1.165, 1.54) is 0 Å². The van der Waals surface area contributed by atoms with Gasteiger partial charge in [0.2, 0.25) is 0 Å². The van der Waals surface area contributed by atoms with Gasteiger partial charge >= 0.3 is 0 Å². The van der Waals surface area contributed by atoms with Gasteiger partial charge in [0, 0.05) is 7.05 Å². The summed E-state index contributed by atoms with van der Waals surface area (Å²) in [6.07, 6.45) is 2.68. The van der Waals surface area contributed by atoms with Gasteiger partial charge in [0.25, 0.3) is 0 Å². The van der Waals surface area contributed by atoms with Gasteiger partial charge < -0.3 is 10.1 Å². The molecular weight excluding hydrogens is 314 g/mol. The molecular formula is C12H16BrN3OS. The Labute approximate surface area is 121 Å². The van der Waals surface area contributed by atoms with Crippen LogP contribution in [-0.2, 0) is 0 Å². The SMILES string of the molecule is CCCOc1ccc(/C=N/NC(=S)NC)cc1Br. The van der Waals surface area contributed by atoms with Gasteiger partial charge in [0.05, 0.1) is 17.3 Å². The van der Waals surface area contributed by atoms with Crippen LogP contribution in [0.5, 0.6) is 5.75 Å². The second-order valence-corrected chi connectivity index (χ2v) is 4.75. The van der Waals surface area contributed by atoms with E-state index >= 15 is 0 Å². The first-order valence-corrected chi connectivity index (χ1v) is 6.80. The van der Waals surface area contributed by atoms with Crippen LogP contribution in [0.2, 0.25) is 0 Å². The molecule has 0 saturated carbocycles. The zero-order valence-electron chi connectivity index (χ0n) is 10.4. The summed E-state index contributed by atoms with van der Waals surface area (Å²) in [5.74, 6) is 0.840. The lowest BCUT2D eigenvalue weighted by molar-refractivity contribution is 0.315. The Bertz CT molecular complexity index is 437. The number of halogens is 1. The molecule has 0 atom stereocenters. The summed E-state index contributed by atoms with van der Waals surface area (Å²) in [4.78, 5) is 0. The lowest BCUT2D eigenvalue weighted by atomic mass is 10.2. The number of ether oxygens (including phenoxy) is 1. The number of thiocarbonyl (C=S) groups is 1. The quantitative estimate of drug-likeness (QED) is 0.495. The summed E-state index contributed by atoms with van der Waals surface area (Å²) in [5, 5.41) is 7.26. The van der Waals surface area contributed by atoms with E-state index in [0.29, 0.717) is 11.7 Å². The van der Waals surface area contributed by atoms with Gasteiger partial charge in [-0.1, -0.05) is 6.92 Å². The fourth-order valence-corrected chi connectivity index (χ4v) is 1.71. The topological polar surface area (TPSA) is 45.6 Å². The molecule has 0 spiro atoms. The van der Waals surface area contributed by atoms with E-state index in [1.807, 2.05) is 18.2 Å². The first-order valence-electron chi connectivity index (χ1n) is 5.60. The van der Waals surface area contributed by atoms with Gasteiger partial charge in [0.1, 0.15) is 5.75 Å². The Balaban J connectivity index is 2.63. The van der Waals surface area contributed by atoms with Crippen LogP contribution in [0.25, 0.3) is 0 Å². The largest absolute Gasteiger partial charge is 0.492 e. The van der Waals surface area contributed by atoms with Gasteiger partial charge in [-0.25, -0.2) is 0 Å². The maximum atomic E-state index is 5.56. The molecule has 0 saturated heterocycles. The standard InChI is InChI=1S/C12H16BrN3OS/c1-3-6-17-11-5-4-9(7-10(11)13)8-15-16-12(18)14-2/h4-5,7-8H,3,6H2,1-2H3,(H2,14,16,18)/b15-8+. The average molecular weight is 330 g/mol. The second kappa shape index (κ2) is 8.05. The Kier molecular flexibility index (Phi) is 6.67. The highest BCUT2D eigenvalue weighted by Crippen LogP contribution is 2.25. The van der Waals surface area contributed by atoms with Crippen LogP contribution in [-0.4, -0.2) is 25.0 Å². The number of hydrogen-bond acceptors (Lipinski definition) is 3. The van der Waals surface area contributed by atoms with Gasteiger partial charge in [-0.05, 0) is 58.3 Å². The molecule has 0 aliphatic heterocycles. The normalized spacial score (nSPS) is 10.4. The molecule has 2 N–H and O–H groups in total. The lowest BCUT2D eigenvalue weighted by Gasteiger charge is -2.07. The number of nitrogens with zero attached hydrogens (tertiary/aromatic N) is 1.